The fourth-order valence-corrected chi connectivity index (χ4v) is 5.54. The molecule has 0 bridgehead atoms. The Hall–Kier alpha value is -0.570. The van der Waals surface area contributed by atoms with Gasteiger partial charge in [0.05, 0.1) is 0 Å². The summed E-state index contributed by atoms with van der Waals surface area (Å²) in [6.07, 6.45) is 7.42. The fraction of sp³-hybridized carbons (Fsp3) is 0.944. The van der Waals surface area contributed by atoms with Crippen LogP contribution in [0.15, 0.2) is 0 Å². The minimum absolute atomic E-state index is 0.200. The predicted octanol–water partition coefficient (Wildman–Crippen LogP) is 3.63. The van der Waals surface area contributed by atoms with Crippen LogP contribution in [0.25, 0.3) is 0 Å². The topological polar surface area (TPSA) is 40.5 Å². The van der Waals surface area contributed by atoms with E-state index in [0.29, 0.717) is 29.7 Å². The van der Waals surface area contributed by atoms with E-state index in [0.717, 1.165) is 18.9 Å². The first-order chi connectivity index (χ1) is 9.99. The monoisotopic (exact) mass is 293 g/mol. The van der Waals surface area contributed by atoms with Gasteiger partial charge in [-0.2, -0.15) is 0 Å². The Bertz CT molecular complexity index is 395. The Balaban J connectivity index is 1.84. The van der Waals surface area contributed by atoms with Crippen molar-refractivity contribution in [3.63, 3.8) is 0 Å². The molecule has 1 saturated heterocycles. The molecule has 3 heteroatoms. The summed E-state index contributed by atoms with van der Waals surface area (Å²) in [7, 11) is 0. The van der Waals surface area contributed by atoms with Crippen molar-refractivity contribution in [3.8, 4) is 0 Å². The molecular formula is C18H31NO2. The number of hydrogen-bond acceptors (Lipinski definition) is 2. The van der Waals surface area contributed by atoms with Crippen LogP contribution in [0.4, 0.5) is 0 Å². The number of carbonyl (C=O) groups is 1. The molecule has 0 aromatic carbocycles. The second kappa shape index (κ2) is 5.91. The molecule has 21 heavy (non-hydrogen) atoms. The number of aliphatic carboxylic acids is 1. The number of likely N-dealkylation sites (tertiary alicyclic amines) is 1. The fourth-order valence-electron chi connectivity index (χ4n) is 5.54. The van der Waals surface area contributed by atoms with Crippen molar-refractivity contribution in [2.24, 2.45) is 29.6 Å². The summed E-state index contributed by atoms with van der Waals surface area (Å²) in [5.74, 6) is 2.60. The molecule has 0 spiro atoms. The van der Waals surface area contributed by atoms with Gasteiger partial charge in [-0.25, -0.2) is 0 Å². The SMILES string of the molecule is CC1CCC(C(C)C)C(N2CC3CCCC3C2C(=O)O)C1. The van der Waals surface area contributed by atoms with Gasteiger partial charge < -0.3 is 5.11 Å². The molecule has 6 atom stereocenters. The summed E-state index contributed by atoms with van der Waals surface area (Å²) in [6.45, 7) is 8.03. The van der Waals surface area contributed by atoms with E-state index in [-0.39, 0.29) is 6.04 Å². The first-order valence-corrected chi connectivity index (χ1v) is 8.97. The van der Waals surface area contributed by atoms with Gasteiger partial charge in [0.1, 0.15) is 6.04 Å². The summed E-state index contributed by atoms with van der Waals surface area (Å²) in [4.78, 5) is 14.3. The van der Waals surface area contributed by atoms with E-state index in [1.54, 1.807) is 0 Å². The lowest BCUT2D eigenvalue weighted by atomic mass is 9.73. The highest BCUT2D eigenvalue weighted by atomic mass is 16.4. The van der Waals surface area contributed by atoms with Gasteiger partial charge in [-0.15, -0.1) is 0 Å². The highest BCUT2D eigenvalue weighted by molar-refractivity contribution is 5.74. The van der Waals surface area contributed by atoms with E-state index in [1.165, 1.54) is 32.1 Å². The molecule has 2 aliphatic carbocycles. The second-order valence-corrected chi connectivity index (χ2v) is 8.23. The quantitative estimate of drug-likeness (QED) is 0.864. The summed E-state index contributed by atoms with van der Waals surface area (Å²) in [6, 6.07) is 0.300. The number of carboxylic acid groups (broad SMARTS) is 1. The number of carboxylic acids is 1. The third-order valence-corrected chi connectivity index (χ3v) is 6.59. The Labute approximate surface area is 129 Å². The average molecular weight is 293 g/mol. The molecule has 6 unspecified atom stereocenters. The summed E-state index contributed by atoms with van der Waals surface area (Å²) in [5.41, 5.74) is 0. The van der Waals surface area contributed by atoms with E-state index in [4.69, 9.17) is 0 Å². The molecule has 0 aromatic heterocycles. The maximum Gasteiger partial charge on any atom is 0.321 e. The van der Waals surface area contributed by atoms with Crippen LogP contribution < -0.4 is 0 Å². The Morgan fingerprint density at radius 1 is 1.19 bits per heavy atom. The van der Waals surface area contributed by atoms with Crippen LogP contribution in [0.1, 0.15) is 59.3 Å². The maximum absolute atomic E-state index is 11.9. The van der Waals surface area contributed by atoms with Gasteiger partial charge in [0.15, 0.2) is 0 Å². The average Bonchev–Trinajstić information content (AvgIpc) is 2.96. The van der Waals surface area contributed by atoms with Crippen molar-refractivity contribution in [1.29, 1.82) is 0 Å². The second-order valence-electron chi connectivity index (χ2n) is 8.23. The lowest BCUT2D eigenvalue weighted by Gasteiger charge is -2.44. The van der Waals surface area contributed by atoms with E-state index >= 15 is 0 Å². The standard InChI is InChI=1S/C18H31NO2/c1-11(2)14-8-7-12(3)9-16(14)19-10-13-5-4-6-15(13)17(19)18(20)21/h11-17H,4-10H2,1-3H3,(H,20,21). The predicted molar refractivity (Wildman–Crippen MR) is 84.1 cm³/mol. The molecule has 1 heterocycles. The van der Waals surface area contributed by atoms with Crippen molar-refractivity contribution < 1.29 is 9.90 Å². The lowest BCUT2D eigenvalue weighted by molar-refractivity contribution is -0.145. The molecule has 3 rings (SSSR count). The number of rotatable bonds is 3. The normalized spacial score (nSPS) is 44.2. The molecule has 0 amide bonds. The van der Waals surface area contributed by atoms with Gasteiger partial charge >= 0.3 is 5.97 Å². The molecular weight excluding hydrogens is 262 g/mol. The molecule has 3 fully saturated rings. The zero-order chi connectivity index (χ0) is 15.1. The number of nitrogens with zero attached hydrogens (tertiary/aromatic N) is 1. The highest BCUT2D eigenvalue weighted by Gasteiger charge is 2.51. The molecule has 3 nitrogen and oxygen atoms in total. The number of hydrogen-bond donors (Lipinski definition) is 1. The number of fused-ring (bicyclic) bond motifs is 1. The van der Waals surface area contributed by atoms with Crippen molar-refractivity contribution >= 4 is 5.97 Å². The van der Waals surface area contributed by atoms with Crippen LogP contribution in [0.5, 0.6) is 0 Å². The Morgan fingerprint density at radius 3 is 2.62 bits per heavy atom. The zero-order valence-corrected chi connectivity index (χ0v) is 13.8. The third-order valence-electron chi connectivity index (χ3n) is 6.59. The highest BCUT2D eigenvalue weighted by Crippen LogP contribution is 2.47. The van der Waals surface area contributed by atoms with Crippen molar-refractivity contribution in [3.05, 3.63) is 0 Å². The maximum atomic E-state index is 11.9. The first kappa shape index (κ1) is 15.3. The Kier molecular flexibility index (Phi) is 4.31. The van der Waals surface area contributed by atoms with Gasteiger partial charge in [0.2, 0.25) is 0 Å². The summed E-state index contributed by atoms with van der Waals surface area (Å²) < 4.78 is 0. The van der Waals surface area contributed by atoms with E-state index < -0.39 is 5.97 Å². The molecule has 120 valence electrons. The van der Waals surface area contributed by atoms with Gasteiger partial charge in [0, 0.05) is 12.6 Å². The van der Waals surface area contributed by atoms with E-state index in [2.05, 4.69) is 25.7 Å². The van der Waals surface area contributed by atoms with Crippen molar-refractivity contribution in [1.82, 2.24) is 4.90 Å². The van der Waals surface area contributed by atoms with Gasteiger partial charge in [-0.05, 0) is 55.3 Å². The summed E-state index contributed by atoms with van der Waals surface area (Å²) >= 11 is 0. The van der Waals surface area contributed by atoms with Crippen LogP contribution in [0.3, 0.4) is 0 Å². The minimum Gasteiger partial charge on any atom is -0.480 e. The summed E-state index contributed by atoms with van der Waals surface area (Å²) in [5, 5.41) is 9.81. The van der Waals surface area contributed by atoms with Crippen molar-refractivity contribution in [2.75, 3.05) is 6.54 Å². The van der Waals surface area contributed by atoms with Gasteiger partial charge in [-0.1, -0.05) is 33.6 Å². The van der Waals surface area contributed by atoms with Gasteiger partial charge in [0.25, 0.3) is 0 Å². The smallest absolute Gasteiger partial charge is 0.321 e. The third kappa shape index (κ3) is 2.74. The van der Waals surface area contributed by atoms with Crippen LogP contribution in [-0.2, 0) is 4.79 Å². The molecule has 3 aliphatic rings. The largest absolute Gasteiger partial charge is 0.480 e. The molecule has 0 aromatic rings. The van der Waals surface area contributed by atoms with E-state index in [9.17, 15) is 9.90 Å². The van der Waals surface area contributed by atoms with Crippen molar-refractivity contribution in [2.45, 2.75) is 71.4 Å². The molecule has 2 saturated carbocycles. The van der Waals surface area contributed by atoms with Crippen LogP contribution >= 0.6 is 0 Å². The van der Waals surface area contributed by atoms with Gasteiger partial charge in [-0.3, -0.25) is 9.69 Å². The molecule has 0 radical (unpaired) electrons. The first-order valence-electron chi connectivity index (χ1n) is 8.97. The lowest BCUT2D eigenvalue weighted by Crippen LogP contribution is -2.51. The molecule has 1 N–H and O–H groups in total. The van der Waals surface area contributed by atoms with Crippen LogP contribution in [-0.4, -0.2) is 34.6 Å². The van der Waals surface area contributed by atoms with Crippen LogP contribution in [0.2, 0.25) is 0 Å². The van der Waals surface area contributed by atoms with Crippen LogP contribution in [0, 0.1) is 29.6 Å². The minimum atomic E-state index is -0.565. The Morgan fingerprint density at radius 2 is 1.95 bits per heavy atom. The van der Waals surface area contributed by atoms with E-state index in [1.807, 2.05) is 0 Å². The zero-order valence-electron chi connectivity index (χ0n) is 13.8. The molecule has 1 aliphatic heterocycles.